The predicted molar refractivity (Wildman–Crippen MR) is 131 cm³/mol. The zero-order valence-electron chi connectivity index (χ0n) is 19.1. The van der Waals surface area contributed by atoms with Crippen LogP contribution in [-0.4, -0.2) is 39.1 Å². The van der Waals surface area contributed by atoms with E-state index in [1.807, 2.05) is 30.5 Å². The molecule has 0 radical (unpaired) electrons. The number of pyridine rings is 2. The van der Waals surface area contributed by atoms with Crippen molar-refractivity contribution < 1.29 is 14.3 Å². The van der Waals surface area contributed by atoms with E-state index in [-0.39, 0.29) is 25.3 Å². The van der Waals surface area contributed by atoms with Crippen molar-refractivity contribution in [2.24, 2.45) is 0 Å². The van der Waals surface area contributed by atoms with Crippen LogP contribution in [-0.2, 0) is 17.6 Å². The van der Waals surface area contributed by atoms with E-state index in [0.29, 0.717) is 22.5 Å². The summed E-state index contributed by atoms with van der Waals surface area (Å²) in [5.74, 6) is -0.320. The second kappa shape index (κ2) is 10.9. The Hall–Kier alpha value is -3.78. The highest BCUT2D eigenvalue weighted by Crippen LogP contribution is 2.30. The van der Waals surface area contributed by atoms with Crippen molar-refractivity contribution in [1.82, 2.24) is 20.3 Å². The third kappa shape index (κ3) is 5.40. The molecule has 0 saturated heterocycles. The Morgan fingerprint density at radius 3 is 2.79 bits per heavy atom. The minimum Gasteiger partial charge on any atom is -0.395 e. The van der Waals surface area contributed by atoms with Crippen molar-refractivity contribution in [2.45, 2.75) is 32.6 Å². The summed E-state index contributed by atoms with van der Waals surface area (Å²) < 4.78 is 14.5. The van der Waals surface area contributed by atoms with Gasteiger partial charge >= 0.3 is 0 Å². The fraction of sp³-hybridized carbons (Fsp3) is 0.269. The Balaban J connectivity index is 1.64. The molecule has 0 fully saturated rings. The highest BCUT2D eigenvalue weighted by atomic mass is 19.1. The largest absolute Gasteiger partial charge is 0.395 e. The van der Waals surface area contributed by atoms with Crippen LogP contribution in [0.1, 0.15) is 31.0 Å². The van der Waals surface area contributed by atoms with Crippen LogP contribution in [0.3, 0.4) is 0 Å². The van der Waals surface area contributed by atoms with Gasteiger partial charge in [0.25, 0.3) is 0 Å². The average molecular weight is 462 g/mol. The fourth-order valence-corrected chi connectivity index (χ4v) is 3.83. The van der Waals surface area contributed by atoms with E-state index in [9.17, 15) is 9.18 Å². The third-order valence-corrected chi connectivity index (χ3v) is 5.57. The molecule has 4 rings (SSSR count). The number of aromatic nitrogens is 3. The van der Waals surface area contributed by atoms with Crippen LogP contribution in [0.5, 0.6) is 0 Å². The molecule has 7 nitrogen and oxygen atoms in total. The van der Waals surface area contributed by atoms with Crippen molar-refractivity contribution in [1.29, 1.82) is 0 Å². The maximum absolute atomic E-state index is 14.5. The highest BCUT2D eigenvalue weighted by molar-refractivity contribution is 5.91. The van der Waals surface area contributed by atoms with Gasteiger partial charge in [0.1, 0.15) is 17.2 Å². The lowest BCUT2D eigenvalue weighted by atomic mass is 9.98. The van der Waals surface area contributed by atoms with Gasteiger partial charge < -0.3 is 20.7 Å². The molecular weight excluding hydrogens is 433 g/mol. The van der Waals surface area contributed by atoms with Gasteiger partial charge in [0.05, 0.1) is 29.9 Å². The van der Waals surface area contributed by atoms with E-state index in [4.69, 9.17) is 5.11 Å². The maximum Gasteiger partial charge on any atom is 0.226 e. The molecule has 3 heterocycles. The number of unbranched alkanes of at least 4 members (excludes halogenated alkanes) is 1. The number of aromatic amines is 1. The summed E-state index contributed by atoms with van der Waals surface area (Å²) in [6.07, 6.45) is 6.53. The van der Waals surface area contributed by atoms with Crippen molar-refractivity contribution in [3.05, 3.63) is 71.9 Å². The number of aliphatic hydroxyl groups is 1. The molecule has 8 heteroatoms. The van der Waals surface area contributed by atoms with Crippen LogP contribution in [0.4, 0.5) is 15.9 Å². The Kier molecular flexibility index (Phi) is 7.49. The van der Waals surface area contributed by atoms with Crippen molar-refractivity contribution in [2.75, 3.05) is 18.5 Å². The first-order chi connectivity index (χ1) is 16.6. The average Bonchev–Trinajstić information content (AvgIpc) is 3.23. The molecule has 1 amide bonds. The van der Waals surface area contributed by atoms with Gasteiger partial charge in [-0.2, -0.15) is 0 Å². The number of hydrogen-bond donors (Lipinski definition) is 4. The van der Waals surface area contributed by atoms with Gasteiger partial charge in [-0.25, -0.2) is 14.4 Å². The van der Waals surface area contributed by atoms with Gasteiger partial charge in [0, 0.05) is 25.0 Å². The zero-order valence-corrected chi connectivity index (χ0v) is 19.1. The first kappa shape index (κ1) is 23.4. The molecule has 3 aromatic heterocycles. The number of carbonyl (C=O) groups excluding carboxylic acids is 1. The van der Waals surface area contributed by atoms with E-state index < -0.39 is 11.7 Å². The normalized spacial score (nSPS) is 11.0. The second-order valence-corrected chi connectivity index (χ2v) is 8.09. The number of amides is 1. The van der Waals surface area contributed by atoms with Crippen LogP contribution in [0.2, 0.25) is 0 Å². The number of nitrogens with one attached hydrogen (secondary N) is 3. The monoisotopic (exact) mass is 461 g/mol. The number of aliphatic hydroxyl groups excluding tert-OH is 1. The number of halogens is 1. The number of rotatable bonds is 10. The van der Waals surface area contributed by atoms with Crippen LogP contribution in [0.25, 0.3) is 22.2 Å². The van der Waals surface area contributed by atoms with Crippen LogP contribution >= 0.6 is 0 Å². The Morgan fingerprint density at radius 1 is 1.21 bits per heavy atom. The molecule has 0 aliphatic heterocycles. The van der Waals surface area contributed by atoms with Gasteiger partial charge in [-0.3, -0.25) is 4.79 Å². The molecule has 0 aliphatic carbocycles. The SMILES string of the molecule is CCCCc1cnc(Nc2c[nH]c3cc(F)c(CC(=O)NCCO)nc23)cc1-c1ccccc1. The lowest BCUT2D eigenvalue weighted by Crippen LogP contribution is -2.28. The van der Waals surface area contributed by atoms with Crippen LogP contribution < -0.4 is 10.6 Å². The molecule has 0 saturated carbocycles. The minimum absolute atomic E-state index is 0.0402. The van der Waals surface area contributed by atoms with Gasteiger partial charge in [-0.1, -0.05) is 43.7 Å². The summed E-state index contributed by atoms with van der Waals surface area (Å²) in [6, 6.07) is 13.5. The van der Waals surface area contributed by atoms with Gasteiger partial charge in [0.15, 0.2) is 0 Å². The summed E-state index contributed by atoms with van der Waals surface area (Å²) in [5, 5.41) is 14.7. The standard InChI is InChI=1S/C26H28FN5O2/c1-2-3-7-18-15-30-24(12-19(18)17-8-5-4-6-9-17)31-23-16-29-22-13-20(27)21(32-26(22)23)14-25(34)28-10-11-33/h4-6,8-9,12-13,15-16,29,33H,2-3,7,10-11,14H2,1H3,(H,28,34)(H,30,31). The highest BCUT2D eigenvalue weighted by Gasteiger charge is 2.15. The quantitative estimate of drug-likeness (QED) is 0.278. The zero-order chi connectivity index (χ0) is 23.9. The third-order valence-electron chi connectivity index (χ3n) is 5.57. The first-order valence-electron chi connectivity index (χ1n) is 11.4. The van der Waals surface area contributed by atoms with Crippen LogP contribution in [0, 0.1) is 5.82 Å². The smallest absolute Gasteiger partial charge is 0.226 e. The molecule has 0 atom stereocenters. The summed E-state index contributed by atoms with van der Waals surface area (Å²) in [7, 11) is 0. The van der Waals surface area contributed by atoms with E-state index in [0.717, 1.165) is 30.4 Å². The summed E-state index contributed by atoms with van der Waals surface area (Å²) in [4.78, 5) is 24.0. The van der Waals surface area contributed by atoms with Crippen LogP contribution in [0.15, 0.2) is 54.9 Å². The number of carbonyl (C=O) groups is 1. The molecule has 0 spiro atoms. The Morgan fingerprint density at radius 2 is 2.03 bits per heavy atom. The number of fused-ring (bicyclic) bond motifs is 1. The molecule has 176 valence electrons. The number of H-pyrrole nitrogens is 1. The first-order valence-corrected chi connectivity index (χ1v) is 11.4. The molecule has 0 unspecified atom stereocenters. The fourth-order valence-electron chi connectivity index (χ4n) is 3.83. The molecule has 1 aromatic carbocycles. The van der Waals surface area contributed by atoms with E-state index >= 15 is 0 Å². The molecule has 4 aromatic rings. The topological polar surface area (TPSA) is 103 Å². The Bertz CT molecular complexity index is 1270. The number of benzene rings is 1. The minimum atomic E-state index is -0.565. The lowest BCUT2D eigenvalue weighted by Gasteiger charge is -2.12. The number of nitrogens with zero attached hydrogens (tertiary/aromatic N) is 2. The van der Waals surface area contributed by atoms with Crippen molar-refractivity contribution in [3.63, 3.8) is 0 Å². The maximum atomic E-state index is 14.5. The summed E-state index contributed by atoms with van der Waals surface area (Å²) in [6.45, 7) is 2.11. The molecule has 0 aliphatic rings. The molecule has 0 bridgehead atoms. The number of hydrogen-bond acceptors (Lipinski definition) is 5. The number of anilines is 2. The van der Waals surface area contributed by atoms with Crippen molar-refractivity contribution >= 4 is 28.4 Å². The summed E-state index contributed by atoms with van der Waals surface area (Å²) >= 11 is 0. The van der Waals surface area contributed by atoms with E-state index in [2.05, 4.69) is 44.6 Å². The van der Waals surface area contributed by atoms with Gasteiger partial charge in [0.2, 0.25) is 5.91 Å². The van der Waals surface area contributed by atoms with Gasteiger partial charge in [-0.15, -0.1) is 0 Å². The Labute approximate surface area is 197 Å². The number of aryl methyl sites for hydroxylation is 1. The van der Waals surface area contributed by atoms with Crippen molar-refractivity contribution in [3.8, 4) is 11.1 Å². The molecule has 4 N–H and O–H groups in total. The predicted octanol–water partition coefficient (Wildman–Crippen LogP) is 4.50. The summed E-state index contributed by atoms with van der Waals surface area (Å²) in [5.41, 5.74) is 5.14. The van der Waals surface area contributed by atoms with E-state index in [1.165, 1.54) is 11.6 Å². The lowest BCUT2D eigenvalue weighted by molar-refractivity contribution is -0.120. The second-order valence-electron chi connectivity index (χ2n) is 8.09. The van der Waals surface area contributed by atoms with Gasteiger partial charge in [-0.05, 0) is 35.6 Å². The molecular formula is C26H28FN5O2. The molecule has 34 heavy (non-hydrogen) atoms. The van der Waals surface area contributed by atoms with E-state index in [1.54, 1.807) is 6.20 Å².